The molecule has 1 atom stereocenters. The summed E-state index contributed by atoms with van der Waals surface area (Å²) in [6, 6.07) is 5.97. The molecule has 1 N–H and O–H groups in total. The van der Waals surface area contributed by atoms with Crippen molar-refractivity contribution in [3.8, 4) is 0 Å². The number of halogens is 2. The van der Waals surface area contributed by atoms with Gasteiger partial charge in [-0.15, -0.1) is 0 Å². The van der Waals surface area contributed by atoms with E-state index in [0.29, 0.717) is 0 Å². The van der Waals surface area contributed by atoms with Crippen LogP contribution in [0.5, 0.6) is 0 Å². The number of alkyl halides is 2. The van der Waals surface area contributed by atoms with Crippen molar-refractivity contribution in [2.45, 2.75) is 32.7 Å². The molecule has 4 heteroatoms. The molecule has 0 unspecified atom stereocenters. The lowest BCUT2D eigenvalue weighted by Crippen LogP contribution is -2.45. The van der Waals surface area contributed by atoms with Crippen LogP contribution in [0.4, 0.5) is 8.78 Å². The largest absolute Gasteiger partial charge is 0.314 e. The van der Waals surface area contributed by atoms with Crippen LogP contribution in [-0.2, 0) is 0 Å². The lowest BCUT2D eigenvalue weighted by molar-refractivity contribution is 0.0737. The summed E-state index contributed by atoms with van der Waals surface area (Å²) in [4.78, 5) is 2.18. The standard InChI is InChI=1S/C15H22F2N2/c1-11-3-4-12(2)13(9-11)14(10-15(16)17)19-7-5-18-6-8-19/h3-4,9,14-15,18H,5-8,10H2,1-2H3/t14-/m1/s1. The summed E-state index contributed by atoms with van der Waals surface area (Å²) in [5.74, 6) is 0. The molecule has 1 heterocycles. The van der Waals surface area contributed by atoms with Crippen LogP contribution in [0.25, 0.3) is 0 Å². The molecule has 2 rings (SSSR count). The third kappa shape index (κ3) is 3.74. The molecule has 106 valence electrons. The number of aryl methyl sites for hydroxylation is 2. The zero-order valence-corrected chi connectivity index (χ0v) is 11.6. The molecule has 1 fully saturated rings. The van der Waals surface area contributed by atoms with Gasteiger partial charge in [-0.1, -0.05) is 23.8 Å². The van der Waals surface area contributed by atoms with E-state index in [4.69, 9.17) is 0 Å². The number of nitrogens with zero attached hydrogens (tertiary/aromatic N) is 1. The minimum absolute atomic E-state index is 0.0791. The van der Waals surface area contributed by atoms with Gasteiger partial charge in [0.15, 0.2) is 0 Å². The molecule has 0 bridgehead atoms. The molecule has 0 radical (unpaired) electrons. The molecule has 0 aliphatic carbocycles. The number of hydrogen-bond acceptors (Lipinski definition) is 2. The van der Waals surface area contributed by atoms with Gasteiger partial charge in [-0.25, -0.2) is 8.78 Å². The third-order valence-corrected chi connectivity index (χ3v) is 3.79. The first kappa shape index (κ1) is 14.4. The second kappa shape index (κ2) is 6.44. The Labute approximate surface area is 113 Å². The van der Waals surface area contributed by atoms with E-state index in [1.807, 2.05) is 26.0 Å². The van der Waals surface area contributed by atoms with Gasteiger partial charge in [-0.2, -0.15) is 0 Å². The molecule has 0 amide bonds. The highest BCUT2D eigenvalue weighted by Crippen LogP contribution is 2.30. The average Bonchev–Trinajstić information content (AvgIpc) is 2.40. The van der Waals surface area contributed by atoms with Crippen molar-refractivity contribution in [2.24, 2.45) is 0 Å². The van der Waals surface area contributed by atoms with Crippen molar-refractivity contribution < 1.29 is 8.78 Å². The van der Waals surface area contributed by atoms with Crippen molar-refractivity contribution >= 4 is 0 Å². The second-order valence-electron chi connectivity index (χ2n) is 5.29. The van der Waals surface area contributed by atoms with E-state index < -0.39 is 6.43 Å². The van der Waals surface area contributed by atoms with Crippen molar-refractivity contribution in [3.05, 3.63) is 34.9 Å². The fourth-order valence-electron chi connectivity index (χ4n) is 2.75. The van der Waals surface area contributed by atoms with E-state index in [0.717, 1.165) is 42.9 Å². The molecule has 1 aromatic carbocycles. The Kier molecular flexibility index (Phi) is 4.88. The van der Waals surface area contributed by atoms with E-state index in [2.05, 4.69) is 16.3 Å². The number of benzene rings is 1. The van der Waals surface area contributed by atoms with Gasteiger partial charge in [0.1, 0.15) is 0 Å². The van der Waals surface area contributed by atoms with Crippen LogP contribution in [0.15, 0.2) is 18.2 Å². The summed E-state index contributed by atoms with van der Waals surface area (Å²) in [7, 11) is 0. The molecule has 2 nitrogen and oxygen atoms in total. The van der Waals surface area contributed by atoms with E-state index >= 15 is 0 Å². The van der Waals surface area contributed by atoms with E-state index in [9.17, 15) is 8.78 Å². The second-order valence-corrected chi connectivity index (χ2v) is 5.29. The normalized spacial score (nSPS) is 18.8. The first-order valence-electron chi connectivity index (χ1n) is 6.88. The van der Waals surface area contributed by atoms with Crippen LogP contribution in [-0.4, -0.2) is 37.5 Å². The molecule has 19 heavy (non-hydrogen) atoms. The summed E-state index contributed by atoms with van der Waals surface area (Å²) in [6.45, 7) is 7.46. The SMILES string of the molecule is Cc1ccc(C)c([C@@H](CC(F)F)N2CCNCC2)c1. The summed E-state index contributed by atoms with van der Waals surface area (Å²) < 4.78 is 25.8. The van der Waals surface area contributed by atoms with Gasteiger partial charge in [0.05, 0.1) is 0 Å². The summed E-state index contributed by atoms with van der Waals surface area (Å²) >= 11 is 0. The average molecular weight is 268 g/mol. The molecule has 0 aromatic heterocycles. The van der Waals surface area contributed by atoms with Crippen LogP contribution in [0, 0.1) is 13.8 Å². The molecular weight excluding hydrogens is 246 g/mol. The molecule has 0 spiro atoms. The number of nitrogens with one attached hydrogen (secondary N) is 1. The van der Waals surface area contributed by atoms with Gasteiger partial charge in [0.2, 0.25) is 6.43 Å². The van der Waals surface area contributed by atoms with Crippen LogP contribution in [0.1, 0.15) is 29.2 Å². The lowest BCUT2D eigenvalue weighted by Gasteiger charge is -2.36. The number of hydrogen-bond donors (Lipinski definition) is 1. The Morgan fingerprint density at radius 3 is 2.53 bits per heavy atom. The third-order valence-electron chi connectivity index (χ3n) is 3.79. The predicted molar refractivity (Wildman–Crippen MR) is 73.7 cm³/mol. The Hall–Kier alpha value is -1.00. The predicted octanol–water partition coefficient (Wildman–Crippen LogP) is 2.90. The molecule has 1 aliphatic rings. The number of piperazine rings is 1. The van der Waals surface area contributed by atoms with Gasteiger partial charge < -0.3 is 5.32 Å². The molecule has 0 saturated carbocycles. The smallest absolute Gasteiger partial charge is 0.240 e. The maximum atomic E-state index is 12.9. The molecule has 1 saturated heterocycles. The first-order valence-corrected chi connectivity index (χ1v) is 6.88. The van der Waals surface area contributed by atoms with Crippen LogP contribution < -0.4 is 5.32 Å². The van der Waals surface area contributed by atoms with Crippen molar-refractivity contribution in [3.63, 3.8) is 0 Å². The Balaban J connectivity index is 2.27. The highest BCUT2D eigenvalue weighted by atomic mass is 19.3. The van der Waals surface area contributed by atoms with Crippen LogP contribution in [0.3, 0.4) is 0 Å². The van der Waals surface area contributed by atoms with Gasteiger partial charge in [-0.05, 0) is 25.0 Å². The van der Waals surface area contributed by atoms with Crippen LogP contribution in [0.2, 0.25) is 0 Å². The topological polar surface area (TPSA) is 15.3 Å². The van der Waals surface area contributed by atoms with Crippen molar-refractivity contribution in [2.75, 3.05) is 26.2 Å². The fraction of sp³-hybridized carbons (Fsp3) is 0.600. The molecular formula is C15H22F2N2. The summed E-state index contributed by atoms with van der Waals surface area (Å²) in [5.41, 5.74) is 3.30. The van der Waals surface area contributed by atoms with E-state index in [1.165, 1.54) is 0 Å². The Bertz CT molecular complexity index is 415. The Morgan fingerprint density at radius 2 is 1.89 bits per heavy atom. The molecule has 1 aromatic rings. The minimum Gasteiger partial charge on any atom is -0.314 e. The minimum atomic E-state index is -2.26. The monoisotopic (exact) mass is 268 g/mol. The zero-order chi connectivity index (χ0) is 13.8. The van der Waals surface area contributed by atoms with Gasteiger partial charge in [0.25, 0.3) is 0 Å². The fourth-order valence-corrected chi connectivity index (χ4v) is 2.75. The maximum Gasteiger partial charge on any atom is 0.240 e. The van der Waals surface area contributed by atoms with Gasteiger partial charge >= 0.3 is 0 Å². The summed E-state index contributed by atoms with van der Waals surface area (Å²) in [6.07, 6.45) is -2.34. The van der Waals surface area contributed by atoms with Crippen LogP contribution >= 0.6 is 0 Å². The molecule has 1 aliphatic heterocycles. The highest BCUT2D eigenvalue weighted by molar-refractivity contribution is 5.33. The summed E-state index contributed by atoms with van der Waals surface area (Å²) in [5, 5.41) is 3.27. The van der Waals surface area contributed by atoms with Crippen molar-refractivity contribution in [1.29, 1.82) is 0 Å². The van der Waals surface area contributed by atoms with E-state index in [1.54, 1.807) is 0 Å². The Morgan fingerprint density at radius 1 is 1.21 bits per heavy atom. The zero-order valence-electron chi connectivity index (χ0n) is 11.6. The van der Waals surface area contributed by atoms with Gasteiger partial charge in [0, 0.05) is 38.6 Å². The van der Waals surface area contributed by atoms with Gasteiger partial charge in [-0.3, -0.25) is 4.90 Å². The quantitative estimate of drug-likeness (QED) is 0.903. The lowest BCUT2D eigenvalue weighted by atomic mass is 9.95. The number of rotatable bonds is 4. The first-order chi connectivity index (χ1) is 9.08. The highest BCUT2D eigenvalue weighted by Gasteiger charge is 2.26. The van der Waals surface area contributed by atoms with Crippen molar-refractivity contribution in [1.82, 2.24) is 10.2 Å². The maximum absolute atomic E-state index is 12.9. The van der Waals surface area contributed by atoms with E-state index in [-0.39, 0.29) is 12.5 Å².